The van der Waals surface area contributed by atoms with Crippen molar-refractivity contribution in [2.45, 2.75) is 58.5 Å². The Balaban J connectivity index is 0.000000187. The van der Waals surface area contributed by atoms with Crippen LogP contribution in [0.15, 0.2) is 24.3 Å². The molecule has 0 bridgehead atoms. The monoisotopic (exact) mass is 496 g/mol. The van der Waals surface area contributed by atoms with Gasteiger partial charge in [0.05, 0.1) is 28.4 Å². The van der Waals surface area contributed by atoms with Gasteiger partial charge in [0.25, 0.3) is 0 Å². The Morgan fingerprint density at radius 3 is 1.94 bits per heavy atom. The fourth-order valence-electron chi connectivity index (χ4n) is 6.27. The average Bonchev–Trinajstić information content (AvgIpc) is 2.94. The van der Waals surface area contributed by atoms with Gasteiger partial charge >= 0.3 is 0 Å². The quantitative estimate of drug-likeness (QED) is 0.577. The Hall–Kier alpha value is -2.44. The highest BCUT2D eigenvalue weighted by Crippen LogP contribution is 2.45. The lowest BCUT2D eigenvalue weighted by atomic mass is 9.75. The molecular formula is C30H44N2O4. The first-order valence-corrected chi connectivity index (χ1v) is 13.5. The molecule has 36 heavy (non-hydrogen) atoms. The molecule has 0 radical (unpaired) electrons. The Morgan fingerprint density at radius 1 is 0.750 bits per heavy atom. The molecule has 0 amide bonds. The number of piperidine rings is 1. The fourth-order valence-corrected chi connectivity index (χ4v) is 6.27. The maximum absolute atomic E-state index is 5.53. The molecule has 198 valence electrons. The SMILES string of the molecule is CC[C@H]1C[C@H]2c3cc(OC)c(OC)cc3CCN2C[C@@H]1CC.COc1cc2c(cc1OC)CNCC2. The van der Waals surface area contributed by atoms with E-state index in [1.165, 1.54) is 54.6 Å². The minimum absolute atomic E-state index is 0.566. The van der Waals surface area contributed by atoms with Gasteiger partial charge in [-0.25, -0.2) is 0 Å². The minimum atomic E-state index is 0.566. The second kappa shape index (κ2) is 12.2. The van der Waals surface area contributed by atoms with Crippen LogP contribution in [-0.2, 0) is 19.4 Å². The maximum atomic E-state index is 5.53. The van der Waals surface area contributed by atoms with Crippen molar-refractivity contribution >= 4 is 0 Å². The van der Waals surface area contributed by atoms with E-state index in [9.17, 15) is 0 Å². The summed E-state index contributed by atoms with van der Waals surface area (Å²) in [5.74, 6) is 5.09. The first-order chi connectivity index (χ1) is 17.6. The first kappa shape index (κ1) is 26.6. The normalized spacial score (nSPS) is 22.8. The van der Waals surface area contributed by atoms with Crippen molar-refractivity contribution in [1.82, 2.24) is 10.2 Å². The van der Waals surface area contributed by atoms with Gasteiger partial charge < -0.3 is 24.3 Å². The Labute approximate surface area is 217 Å². The van der Waals surface area contributed by atoms with Crippen LogP contribution in [0.1, 0.15) is 61.4 Å². The van der Waals surface area contributed by atoms with Crippen molar-refractivity contribution in [3.8, 4) is 23.0 Å². The molecule has 3 aliphatic heterocycles. The van der Waals surface area contributed by atoms with Gasteiger partial charge in [0.2, 0.25) is 0 Å². The molecule has 6 nitrogen and oxygen atoms in total. The largest absolute Gasteiger partial charge is 0.493 e. The van der Waals surface area contributed by atoms with Gasteiger partial charge in [-0.2, -0.15) is 0 Å². The van der Waals surface area contributed by atoms with E-state index < -0.39 is 0 Å². The molecule has 0 spiro atoms. The van der Waals surface area contributed by atoms with Gasteiger partial charge in [-0.1, -0.05) is 26.7 Å². The minimum Gasteiger partial charge on any atom is -0.493 e. The third-order valence-electron chi connectivity index (χ3n) is 8.42. The number of rotatable bonds is 6. The highest BCUT2D eigenvalue weighted by atomic mass is 16.5. The van der Waals surface area contributed by atoms with E-state index >= 15 is 0 Å². The molecule has 2 aromatic carbocycles. The van der Waals surface area contributed by atoms with Crippen LogP contribution < -0.4 is 24.3 Å². The summed E-state index contributed by atoms with van der Waals surface area (Å²) in [5.41, 5.74) is 5.59. The van der Waals surface area contributed by atoms with Gasteiger partial charge in [0.15, 0.2) is 23.0 Å². The van der Waals surface area contributed by atoms with E-state index in [1.807, 2.05) is 0 Å². The Bertz CT molecular complexity index is 980. The molecule has 0 saturated carbocycles. The van der Waals surface area contributed by atoms with E-state index in [4.69, 9.17) is 18.9 Å². The molecule has 0 unspecified atom stereocenters. The molecule has 1 N–H and O–H groups in total. The summed E-state index contributed by atoms with van der Waals surface area (Å²) in [6.45, 7) is 9.10. The summed E-state index contributed by atoms with van der Waals surface area (Å²) >= 11 is 0. The summed E-state index contributed by atoms with van der Waals surface area (Å²) in [6, 6.07) is 9.12. The number of benzene rings is 2. The number of hydrogen-bond acceptors (Lipinski definition) is 6. The van der Waals surface area contributed by atoms with Crippen molar-refractivity contribution in [1.29, 1.82) is 0 Å². The van der Waals surface area contributed by atoms with Gasteiger partial charge in [-0.15, -0.1) is 0 Å². The molecule has 6 heteroatoms. The Morgan fingerprint density at radius 2 is 1.33 bits per heavy atom. The maximum Gasteiger partial charge on any atom is 0.161 e. The molecule has 5 rings (SSSR count). The van der Waals surface area contributed by atoms with Crippen LogP contribution in [0.4, 0.5) is 0 Å². The average molecular weight is 497 g/mol. The molecule has 3 atom stereocenters. The zero-order chi connectivity index (χ0) is 25.7. The van der Waals surface area contributed by atoms with Crippen LogP contribution in [0.25, 0.3) is 0 Å². The predicted molar refractivity (Wildman–Crippen MR) is 145 cm³/mol. The zero-order valence-electron chi connectivity index (χ0n) is 23.0. The standard InChI is InChI=1S/C19H29NO2.C11H15NO2/c1-5-13-9-17-16-11-19(22-4)18(21-3)10-15(16)7-8-20(17)12-14(13)6-2;1-13-10-5-8-3-4-12-7-9(8)6-11(10)14-2/h10-11,13-14,17H,5-9,12H2,1-4H3;5-6,12H,3-4,7H2,1-2H3/t13-,14-,17-;/m0./s1. The molecule has 2 aromatic rings. The highest BCUT2D eigenvalue weighted by Gasteiger charge is 2.37. The van der Waals surface area contributed by atoms with Crippen LogP contribution in [0, 0.1) is 11.8 Å². The number of fused-ring (bicyclic) bond motifs is 4. The topological polar surface area (TPSA) is 52.2 Å². The molecule has 3 heterocycles. The summed E-state index contributed by atoms with van der Waals surface area (Å²) in [7, 11) is 6.79. The lowest BCUT2D eigenvalue weighted by Crippen LogP contribution is -2.45. The Kier molecular flexibility index (Phi) is 9.02. The van der Waals surface area contributed by atoms with Gasteiger partial charge in [0, 0.05) is 25.7 Å². The van der Waals surface area contributed by atoms with Gasteiger partial charge in [0.1, 0.15) is 0 Å². The van der Waals surface area contributed by atoms with Crippen molar-refractivity contribution in [2.24, 2.45) is 11.8 Å². The molecule has 3 aliphatic rings. The number of methoxy groups -OCH3 is 4. The van der Waals surface area contributed by atoms with E-state index in [2.05, 4.69) is 48.3 Å². The number of nitrogens with one attached hydrogen (secondary N) is 1. The second-order valence-electron chi connectivity index (χ2n) is 10.1. The van der Waals surface area contributed by atoms with E-state index in [0.29, 0.717) is 6.04 Å². The van der Waals surface area contributed by atoms with Crippen molar-refractivity contribution in [3.63, 3.8) is 0 Å². The van der Waals surface area contributed by atoms with E-state index in [1.54, 1.807) is 28.4 Å². The molecule has 1 saturated heterocycles. The molecule has 0 aromatic heterocycles. The van der Waals surface area contributed by atoms with Gasteiger partial charge in [-0.3, -0.25) is 4.90 Å². The summed E-state index contributed by atoms with van der Waals surface area (Å²) < 4.78 is 21.5. The zero-order valence-corrected chi connectivity index (χ0v) is 23.0. The predicted octanol–water partition coefficient (Wildman–Crippen LogP) is 5.41. The number of hydrogen-bond donors (Lipinski definition) is 1. The molecule has 0 aliphatic carbocycles. The van der Waals surface area contributed by atoms with E-state index in [0.717, 1.165) is 60.8 Å². The summed E-state index contributed by atoms with van der Waals surface area (Å²) in [5, 5.41) is 3.33. The lowest BCUT2D eigenvalue weighted by molar-refractivity contribution is 0.0503. The van der Waals surface area contributed by atoms with Crippen molar-refractivity contribution in [3.05, 3.63) is 46.5 Å². The van der Waals surface area contributed by atoms with E-state index in [-0.39, 0.29) is 0 Å². The first-order valence-electron chi connectivity index (χ1n) is 13.5. The van der Waals surface area contributed by atoms with Crippen LogP contribution in [0.3, 0.4) is 0 Å². The summed E-state index contributed by atoms with van der Waals surface area (Å²) in [6.07, 6.45) is 6.08. The lowest BCUT2D eigenvalue weighted by Gasteiger charge is -2.47. The van der Waals surface area contributed by atoms with Crippen molar-refractivity contribution in [2.75, 3.05) is 48.1 Å². The van der Waals surface area contributed by atoms with Crippen LogP contribution in [-0.4, -0.2) is 53.0 Å². The van der Waals surface area contributed by atoms with Gasteiger partial charge in [-0.05, 0) is 84.2 Å². The molecule has 1 fully saturated rings. The fraction of sp³-hybridized carbons (Fsp3) is 0.600. The number of ether oxygens (including phenoxy) is 4. The number of nitrogens with zero attached hydrogens (tertiary/aromatic N) is 1. The highest BCUT2D eigenvalue weighted by molar-refractivity contribution is 5.50. The summed E-state index contributed by atoms with van der Waals surface area (Å²) in [4.78, 5) is 2.70. The second-order valence-corrected chi connectivity index (χ2v) is 10.1. The smallest absolute Gasteiger partial charge is 0.161 e. The van der Waals surface area contributed by atoms with Crippen LogP contribution in [0.2, 0.25) is 0 Å². The van der Waals surface area contributed by atoms with Crippen LogP contribution >= 0.6 is 0 Å². The van der Waals surface area contributed by atoms with Crippen LogP contribution in [0.5, 0.6) is 23.0 Å². The molecular weight excluding hydrogens is 452 g/mol. The third-order valence-corrected chi connectivity index (χ3v) is 8.42. The van der Waals surface area contributed by atoms with Crippen molar-refractivity contribution < 1.29 is 18.9 Å². The third kappa shape index (κ3) is 5.45.